The second-order valence-corrected chi connectivity index (χ2v) is 5.61. The Morgan fingerprint density at radius 1 is 1.50 bits per heavy atom. The van der Waals surface area contributed by atoms with Gasteiger partial charge in [0.2, 0.25) is 0 Å². The molecular weight excluding hydrogens is 278 g/mol. The highest BCUT2D eigenvalue weighted by Crippen LogP contribution is 2.27. The molecule has 2 N–H and O–H groups in total. The van der Waals surface area contributed by atoms with Crippen molar-refractivity contribution in [3.05, 3.63) is 28.8 Å². The number of ether oxygens (including phenoxy) is 1. The van der Waals surface area contributed by atoms with Crippen LogP contribution in [-0.2, 0) is 4.79 Å². The number of benzene rings is 1. The van der Waals surface area contributed by atoms with Crippen molar-refractivity contribution in [1.82, 2.24) is 5.32 Å². The van der Waals surface area contributed by atoms with E-state index in [2.05, 4.69) is 5.32 Å². The fourth-order valence-electron chi connectivity index (χ4n) is 2.38. The van der Waals surface area contributed by atoms with Gasteiger partial charge in [0.05, 0.1) is 11.1 Å². The predicted molar refractivity (Wildman–Crippen MR) is 78.0 cm³/mol. The van der Waals surface area contributed by atoms with E-state index in [9.17, 15) is 9.90 Å². The first-order chi connectivity index (χ1) is 9.56. The topological polar surface area (TPSA) is 58.6 Å². The Hall–Kier alpha value is -1.26. The molecule has 0 aliphatic heterocycles. The first kappa shape index (κ1) is 15.1. The van der Waals surface area contributed by atoms with Gasteiger partial charge in [-0.05, 0) is 37.5 Å². The van der Waals surface area contributed by atoms with Crippen molar-refractivity contribution in [2.45, 2.75) is 44.8 Å². The van der Waals surface area contributed by atoms with Gasteiger partial charge in [-0.1, -0.05) is 30.5 Å². The largest absolute Gasteiger partial charge is 0.482 e. The van der Waals surface area contributed by atoms with Crippen LogP contribution in [0.4, 0.5) is 0 Å². The van der Waals surface area contributed by atoms with Gasteiger partial charge in [0.25, 0.3) is 5.91 Å². The summed E-state index contributed by atoms with van der Waals surface area (Å²) in [5, 5.41) is 12.8. The molecule has 0 saturated heterocycles. The van der Waals surface area contributed by atoms with Crippen LogP contribution in [0.3, 0.4) is 0 Å². The summed E-state index contributed by atoms with van der Waals surface area (Å²) in [7, 11) is 0. The van der Waals surface area contributed by atoms with E-state index in [1.165, 1.54) is 12.8 Å². The number of aliphatic hydroxyl groups excluding tert-OH is 1. The Labute approximate surface area is 124 Å². The number of halogens is 1. The van der Waals surface area contributed by atoms with E-state index in [1.807, 2.05) is 0 Å². The minimum Gasteiger partial charge on any atom is -0.482 e. The number of carbonyl (C=O) groups excluding carboxylic acids is 1. The molecule has 1 saturated carbocycles. The van der Waals surface area contributed by atoms with E-state index in [1.54, 1.807) is 25.1 Å². The van der Waals surface area contributed by atoms with Crippen molar-refractivity contribution in [3.63, 3.8) is 0 Å². The molecule has 110 valence electrons. The average molecular weight is 298 g/mol. The molecule has 0 aromatic heterocycles. The Morgan fingerprint density at radius 2 is 2.20 bits per heavy atom. The van der Waals surface area contributed by atoms with E-state index in [4.69, 9.17) is 16.3 Å². The van der Waals surface area contributed by atoms with Crippen molar-refractivity contribution in [2.24, 2.45) is 0 Å². The van der Waals surface area contributed by atoms with Crippen LogP contribution in [-0.4, -0.2) is 23.7 Å². The van der Waals surface area contributed by atoms with E-state index < -0.39 is 6.10 Å². The molecule has 1 unspecified atom stereocenters. The summed E-state index contributed by atoms with van der Waals surface area (Å²) in [4.78, 5) is 11.7. The number of carbonyl (C=O) groups is 1. The molecule has 0 heterocycles. The molecule has 0 bridgehead atoms. The van der Waals surface area contributed by atoms with Gasteiger partial charge in [-0.2, -0.15) is 0 Å². The summed E-state index contributed by atoms with van der Waals surface area (Å²) in [5.41, 5.74) is 0.720. The summed E-state index contributed by atoms with van der Waals surface area (Å²) >= 11 is 6.06. The van der Waals surface area contributed by atoms with Gasteiger partial charge in [0.1, 0.15) is 5.75 Å². The standard InChI is InChI=1S/C15H20ClNO3/c1-10(18)11-6-7-14(13(16)8-11)20-9-15(19)17-12-4-2-3-5-12/h6-8,10,12,18H,2-5,9H2,1H3,(H,17,19). The highest BCUT2D eigenvalue weighted by atomic mass is 35.5. The minimum absolute atomic E-state index is 0.0375. The summed E-state index contributed by atoms with van der Waals surface area (Å²) in [6.45, 7) is 1.63. The molecule has 2 rings (SSSR count). The predicted octanol–water partition coefficient (Wildman–Crippen LogP) is 2.83. The second kappa shape index (κ2) is 6.95. The van der Waals surface area contributed by atoms with Gasteiger partial charge in [0.15, 0.2) is 6.61 Å². The zero-order valence-corrected chi connectivity index (χ0v) is 12.3. The normalized spacial score (nSPS) is 16.9. The number of rotatable bonds is 5. The third-order valence-corrected chi connectivity index (χ3v) is 3.81. The van der Waals surface area contributed by atoms with Gasteiger partial charge in [-0.3, -0.25) is 4.79 Å². The van der Waals surface area contributed by atoms with Gasteiger partial charge in [-0.25, -0.2) is 0 Å². The van der Waals surface area contributed by atoms with Crippen LogP contribution >= 0.6 is 11.6 Å². The molecule has 5 heteroatoms. The molecule has 1 aliphatic carbocycles. The molecule has 1 aliphatic rings. The first-order valence-corrected chi connectivity index (χ1v) is 7.33. The van der Waals surface area contributed by atoms with Gasteiger partial charge >= 0.3 is 0 Å². The van der Waals surface area contributed by atoms with Crippen LogP contribution in [0.15, 0.2) is 18.2 Å². The highest BCUT2D eigenvalue weighted by molar-refractivity contribution is 6.32. The zero-order chi connectivity index (χ0) is 14.5. The number of hydrogen-bond acceptors (Lipinski definition) is 3. The van der Waals surface area contributed by atoms with Crippen molar-refractivity contribution < 1.29 is 14.6 Å². The van der Waals surface area contributed by atoms with Crippen molar-refractivity contribution in [1.29, 1.82) is 0 Å². The maximum absolute atomic E-state index is 11.7. The van der Waals surface area contributed by atoms with Crippen molar-refractivity contribution >= 4 is 17.5 Å². The molecule has 20 heavy (non-hydrogen) atoms. The van der Waals surface area contributed by atoms with E-state index >= 15 is 0 Å². The summed E-state index contributed by atoms with van der Waals surface area (Å²) in [5.74, 6) is 0.338. The van der Waals surface area contributed by atoms with E-state index in [-0.39, 0.29) is 12.5 Å². The van der Waals surface area contributed by atoms with Crippen LogP contribution in [0.2, 0.25) is 5.02 Å². The monoisotopic (exact) mass is 297 g/mol. The lowest BCUT2D eigenvalue weighted by molar-refractivity contribution is -0.123. The molecule has 4 nitrogen and oxygen atoms in total. The van der Waals surface area contributed by atoms with Crippen molar-refractivity contribution in [3.8, 4) is 5.75 Å². The molecule has 0 spiro atoms. The fourth-order valence-corrected chi connectivity index (χ4v) is 2.62. The Kier molecular flexibility index (Phi) is 5.26. The zero-order valence-electron chi connectivity index (χ0n) is 11.6. The van der Waals surface area contributed by atoms with Crippen molar-refractivity contribution in [2.75, 3.05) is 6.61 Å². The molecular formula is C15H20ClNO3. The number of aliphatic hydroxyl groups is 1. The lowest BCUT2D eigenvalue weighted by Crippen LogP contribution is -2.36. The highest BCUT2D eigenvalue weighted by Gasteiger charge is 2.17. The quantitative estimate of drug-likeness (QED) is 0.878. The Morgan fingerprint density at radius 3 is 2.80 bits per heavy atom. The molecule has 1 fully saturated rings. The van der Waals surface area contributed by atoms with Crippen LogP contribution in [0.1, 0.15) is 44.3 Å². The smallest absolute Gasteiger partial charge is 0.258 e. The van der Waals surface area contributed by atoms with Gasteiger partial charge < -0.3 is 15.2 Å². The third-order valence-electron chi connectivity index (χ3n) is 3.52. The molecule has 1 aromatic carbocycles. The van der Waals surface area contributed by atoms with Crippen LogP contribution in [0.25, 0.3) is 0 Å². The second-order valence-electron chi connectivity index (χ2n) is 5.20. The molecule has 0 radical (unpaired) electrons. The molecule has 1 atom stereocenters. The summed E-state index contributed by atoms with van der Waals surface area (Å²) in [6, 6.07) is 5.35. The van der Waals surface area contributed by atoms with Crippen LogP contribution in [0.5, 0.6) is 5.75 Å². The maximum atomic E-state index is 11.7. The summed E-state index contributed by atoms with van der Waals surface area (Å²) < 4.78 is 5.42. The van der Waals surface area contributed by atoms with Crippen LogP contribution < -0.4 is 10.1 Å². The van der Waals surface area contributed by atoms with E-state index in [0.717, 1.165) is 18.4 Å². The van der Waals surface area contributed by atoms with E-state index in [0.29, 0.717) is 16.8 Å². The average Bonchev–Trinajstić information content (AvgIpc) is 2.90. The number of amides is 1. The van der Waals surface area contributed by atoms with Crippen LogP contribution in [0, 0.1) is 0 Å². The molecule has 1 amide bonds. The Bertz CT molecular complexity index is 470. The van der Waals surface area contributed by atoms with Gasteiger partial charge in [-0.15, -0.1) is 0 Å². The SMILES string of the molecule is CC(O)c1ccc(OCC(=O)NC2CCCC2)c(Cl)c1. The molecule has 1 aromatic rings. The maximum Gasteiger partial charge on any atom is 0.258 e. The van der Waals surface area contributed by atoms with Gasteiger partial charge in [0, 0.05) is 6.04 Å². The first-order valence-electron chi connectivity index (χ1n) is 6.96. The fraction of sp³-hybridized carbons (Fsp3) is 0.533. The number of nitrogens with one attached hydrogen (secondary N) is 1. The number of hydrogen-bond donors (Lipinski definition) is 2. The lowest BCUT2D eigenvalue weighted by atomic mass is 10.1. The summed E-state index contributed by atoms with van der Waals surface area (Å²) in [6.07, 6.45) is 3.88. The minimum atomic E-state index is -0.577. The lowest BCUT2D eigenvalue weighted by Gasteiger charge is -2.13. The third kappa shape index (κ3) is 4.12. The Balaban J connectivity index is 1.85.